The zero-order valence-corrected chi connectivity index (χ0v) is 6.39. The maximum atomic E-state index is 3.75. The second-order valence-corrected chi connectivity index (χ2v) is 2.12. The molecule has 0 N–H and O–H groups in total. The fourth-order valence-electron chi connectivity index (χ4n) is 0.626. The van der Waals surface area contributed by atoms with E-state index in [1.54, 1.807) is 0 Å². The quantitative estimate of drug-likeness (QED) is 0.390. The molecule has 0 amide bonds. The molecule has 0 saturated carbocycles. The van der Waals surface area contributed by atoms with E-state index in [1.165, 1.54) is 0 Å². The Labute approximate surface area is 57.0 Å². The van der Waals surface area contributed by atoms with Crippen molar-refractivity contribution in [2.75, 3.05) is 7.05 Å². The number of rotatable bonds is 2. The van der Waals surface area contributed by atoms with Gasteiger partial charge in [0.2, 0.25) is 0 Å². The standard InChI is InChI=1S/C8H14N/c1-5-6-9(4)7-8(2)3/h5-7H,2H2,1,3-4H3/q+1/b6-5-,9-7-. The number of nitrogens with zero attached hydrogens (tertiary/aromatic N) is 1. The molecule has 0 rings (SSSR count). The Hall–Kier alpha value is -0.850. The van der Waals surface area contributed by atoms with Crippen molar-refractivity contribution in [2.45, 2.75) is 13.8 Å². The van der Waals surface area contributed by atoms with Crippen LogP contribution in [-0.2, 0) is 0 Å². The molecule has 1 nitrogen and oxygen atoms in total. The van der Waals surface area contributed by atoms with E-state index >= 15 is 0 Å². The van der Waals surface area contributed by atoms with Crippen molar-refractivity contribution in [1.29, 1.82) is 0 Å². The molecule has 0 aliphatic heterocycles. The highest BCUT2D eigenvalue weighted by molar-refractivity contribution is 5.72. The smallest absolute Gasteiger partial charge is 0.170 e. The minimum Gasteiger partial charge on any atom is -0.208 e. The van der Waals surface area contributed by atoms with Crippen LogP contribution in [0.25, 0.3) is 0 Å². The molecule has 0 unspecified atom stereocenters. The van der Waals surface area contributed by atoms with Crippen molar-refractivity contribution in [2.24, 2.45) is 0 Å². The van der Waals surface area contributed by atoms with Gasteiger partial charge in [0.15, 0.2) is 12.4 Å². The third-order valence-electron chi connectivity index (χ3n) is 0.808. The lowest BCUT2D eigenvalue weighted by molar-refractivity contribution is -0.416. The van der Waals surface area contributed by atoms with Gasteiger partial charge in [-0.3, -0.25) is 0 Å². The van der Waals surface area contributed by atoms with Gasteiger partial charge in [-0.25, -0.2) is 4.58 Å². The minimum absolute atomic E-state index is 1.07. The Morgan fingerprint density at radius 1 is 1.56 bits per heavy atom. The lowest BCUT2D eigenvalue weighted by Crippen LogP contribution is -1.97. The summed E-state index contributed by atoms with van der Waals surface area (Å²) in [4.78, 5) is 0. The summed E-state index contributed by atoms with van der Waals surface area (Å²) in [5.74, 6) is 0. The summed E-state index contributed by atoms with van der Waals surface area (Å²) in [6.07, 6.45) is 5.94. The van der Waals surface area contributed by atoms with Gasteiger partial charge in [0.25, 0.3) is 0 Å². The van der Waals surface area contributed by atoms with Crippen LogP contribution in [0.5, 0.6) is 0 Å². The first-order valence-electron chi connectivity index (χ1n) is 3.02. The fourth-order valence-corrected chi connectivity index (χ4v) is 0.626. The summed E-state index contributed by atoms with van der Waals surface area (Å²) >= 11 is 0. The summed E-state index contributed by atoms with van der Waals surface area (Å²) in [5.41, 5.74) is 1.07. The molecule has 0 aliphatic rings. The molecule has 0 aromatic carbocycles. The molecule has 0 spiro atoms. The molecular formula is C8H14N+. The van der Waals surface area contributed by atoms with Crippen molar-refractivity contribution < 1.29 is 4.58 Å². The van der Waals surface area contributed by atoms with Crippen molar-refractivity contribution in [3.8, 4) is 0 Å². The van der Waals surface area contributed by atoms with Crippen molar-refractivity contribution in [3.63, 3.8) is 0 Å². The third-order valence-corrected chi connectivity index (χ3v) is 0.808. The van der Waals surface area contributed by atoms with Crippen LogP contribution in [0.2, 0.25) is 0 Å². The van der Waals surface area contributed by atoms with Gasteiger partial charge >= 0.3 is 0 Å². The summed E-state index contributed by atoms with van der Waals surface area (Å²) in [6.45, 7) is 7.71. The molecule has 0 fully saturated rings. The van der Waals surface area contributed by atoms with Crippen LogP contribution in [0.1, 0.15) is 13.8 Å². The normalized spacial score (nSPS) is 12.6. The van der Waals surface area contributed by atoms with Gasteiger partial charge in [0.1, 0.15) is 7.05 Å². The van der Waals surface area contributed by atoms with Crippen LogP contribution < -0.4 is 0 Å². The Kier molecular flexibility index (Phi) is 3.69. The highest BCUT2D eigenvalue weighted by atomic mass is 14.9. The first kappa shape index (κ1) is 8.15. The summed E-state index contributed by atoms with van der Waals surface area (Å²) in [6, 6.07) is 0. The van der Waals surface area contributed by atoms with Gasteiger partial charge in [-0.2, -0.15) is 0 Å². The second kappa shape index (κ2) is 4.07. The van der Waals surface area contributed by atoms with Gasteiger partial charge in [0.05, 0.1) is 0 Å². The number of hydrogen-bond donors (Lipinski definition) is 0. The van der Waals surface area contributed by atoms with Crippen LogP contribution >= 0.6 is 0 Å². The molecule has 0 radical (unpaired) electrons. The third kappa shape index (κ3) is 5.01. The molecular weight excluding hydrogens is 110 g/mol. The maximum absolute atomic E-state index is 3.75. The predicted molar refractivity (Wildman–Crippen MR) is 41.9 cm³/mol. The van der Waals surface area contributed by atoms with Gasteiger partial charge < -0.3 is 0 Å². The number of hydrogen-bond acceptors (Lipinski definition) is 0. The van der Waals surface area contributed by atoms with Crippen LogP contribution in [0.15, 0.2) is 24.4 Å². The van der Waals surface area contributed by atoms with E-state index in [1.807, 2.05) is 44.0 Å². The van der Waals surface area contributed by atoms with Gasteiger partial charge in [0, 0.05) is 5.57 Å². The Balaban J connectivity index is 4.00. The lowest BCUT2D eigenvalue weighted by atomic mass is 10.4. The Bertz CT molecular complexity index is 152. The SMILES string of the molecule is C=C(C)/C=[N+](C)\C=C/C. The summed E-state index contributed by atoms with van der Waals surface area (Å²) in [7, 11) is 1.98. The van der Waals surface area contributed by atoms with E-state index in [2.05, 4.69) is 6.58 Å². The van der Waals surface area contributed by atoms with Crippen molar-refractivity contribution in [3.05, 3.63) is 24.4 Å². The molecule has 0 aliphatic carbocycles. The minimum atomic E-state index is 1.07. The summed E-state index contributed by atoms with van der Waals surface area (Å²) in [5, 5.41) is 0. The van der Waals surface area contributed by atoms with Crippen LogP contribution in [-0.4, -0.2) is 17.8 Å². The molecule has 0 bridgehead atoms. The van der Waals surface area contributed by atoms with Crippen LogP contribution in [0.4, 0.5) is 0 Å². The van der Waals surface area contributed by atoms with Gasteiger partial charge in [-0.1, -0.05) is 6.58 Å². The Morgan fingerprint density at radius 2 is 2.11 bits per heavy atom. The first-order valence-corrected chi connectivity index (χ1v) is 3.02. The number of allylic oxidation sites excluding steroid dienone is 2. The molecule has 0 saturated heterocycles. The average Bonchev–Trinajstić information content (AvgIpc) is 1.63. The molecule has 0 atom stereocenters. The van der Waals surface area contributed by atoms with Crippen LogP contribution in [0.3, 0.4) is 0 Å². The predicted octanol–water partition coefficient (Wildman–Crippen LogP) is 1.81. The topological polar surface area (TPSA) is 3.01 Å². The average molecular weight is 124 g/mol. The highest BCUT2D eigenvalue weighted by Gasteiger charge is 1.85. The van der Waals surface area contributed by atoms with E-state index in [4.69, 9.17) is 0 Å². The lowest BCUT2D eigenvalue weighted by Gasteiger charge is -1.83. The molecule has 0 aromatic heterocycles. The van der Waals surface area contributed by atoms with Crippen LogP contribution in [0, 0.1) is 0 Å². The monoisotopic (exact) mass is 124 g/mol. The molecule has 9 heavy (non-hydrogen) atoms. The zero-order valence-electron chi connectivity index (χ0n) is 6.39. The van der Waals surface area contributed by atoms with E-state index < -0.39 is 0 Å². The molecule has 1 heteroatoms. The van der Waals surface area contributed by atoms with E-state index in [9.17, 15) is 0 Å². The maximum Gasteiger partial charge on any atom is 0.170 e. The largest absolute Gasteiger partial charge is 0.208 e. The van der Waals surface area contributed by atoms with Gasteiger partial charge in [-0.05, 0) is 19.9 Å². The Morgan fingerprint density at radius 3 is 2.44 bits per heavy atom. The van der Waals surface area contributed by atoms with Gasteiger partial charge in [-0.15, -0.1) is 0 Å². The molecule has 0 aromatic rings. The highest BCUT2D eigenvalue weighted by Crippen LogP contribution is 1.79. The van der Waals surface area contributed by atoms with Crippen molar-refractivity contribution in [1.82, 2.24) is 0 Å². The zero-order chi connectivity index (χ0) is 7.28. The van der Waals surface area contributed by atoms with E-state index in [0.717, 1.165) is 5.57 Å². The first-order chi connectivity index (χ1) is 4.16. The van der Waals surface area contributed by atoms with E-state index in [0.29, 0.717) is 0 Å². The van der Waals surface area contributed by atoms with E-state index in [-0.39, 0.29) is 0 Å². The molecule has 50 valence electrons. The fraction of sp³-hybridized carbons (Fsp3) is 0.375. The summed E-state index contributed by atoms with van der Waals surface area (Å²) < 4.78 is 1.97. The van der Waals surface area contributed by atoms with Crippen molar-refractivity contribution >= 4 is 6.21 Å². The second-order valence-electron chi connectivity index (χ2n) is 2.12. The molecule has 0 heterocycles.